The maximum atomic E-state index is 11.7. The van der Waals surface area contributed by atoms with Crippen LogP contribution < -0.4 is 4.90 Å². The van der Waals surface area contributed by atoms with Gasteiger partial charge >= 0.3 is 5.97 Å². The molecule has 1 aromatic rings. The van der Waals surface area contributed by atoms with Crippen LogP contribution in [0.1, 0.15) is 5.56 Å². The Morgan fingerprint density at radius 3 is 2.52 bits per heavy atom. The number of aliphatic hydroxyl groups is 2. The predicted octanol–water partition coefficient (Wildman–Crippen LogP) is 0.556. The van der Waals surface area contributed by atoms with E-state index in [0.29, 0.717) is 5.56 Å². The van der Waals surface area contributed by atoms with Crippen molar-refractivity contribution in [2.24, 2.45) is 0 Å². The van der Waals surface area contributed by atoms with Crippen LogP contribution in [0.3, 0.4) is 0 Å². The Hall–Kier alpha value is -2.36. The first-order valence-corrected chi connectivity index (χ1v) is 6.33. The molecule has 0 fully saturated rings. The maximum Gasteiger partial charge on any atom is 0.348 e. The summed E-state index contributed by atoms with van der Waals surface area (Å²) in [6.45, 7) is -0.862. The standard InChI is InChI=1S/C15H18N2O4/c1-17(2)13-5-3-11(4-6-13)7-12(8-16)15(20)21-10-14(19)9-18/h3-7,14,18-19H,9-10H2,1-2H3. The Labute approximate surface area is 123 Å². The largest absolute Gasteiger partial charge is 0.459 e. The molecule has 2 N–H and O–H groups in total. The molecular formula is C15H18N2O4. The highest BCUT2D eigenvalue weighted by Crippen LogP contribution is 2.15. The van der Waals surface area contributed by atoms with Crippen LogP contribution in [-0.4, -0.2) is 49.6 Å². The van der Waals surface area contributed by atoms with Gasteiger partial charge in [0.15, 0.2) is 0 Å². The van der Waals surface area contributed by atoms with Gasteiger partial charge in [-0.25, -0.2) is 4.79 Å². The normalized spacial score (nSPS) is 12.4. The van der Waals surface area contributed by atoms with Crippen molar-refractivity contribution in [3.8, 4) is 6.07 Å². The molecular weight excluding hydrogens is 272 g/mol. The van der Waals surface area contributed by atoms with Crippen LogP contribution in [0, 0.1) is 11.3 Å². The number of hydrogen-bond donors (Lipinski definition) is 2. The second kappa shape index (κ2) is 8.04. The summed E-state index contributed by atoms with van der Waals surface area (Å²) in [5, 5.41) is 26.7. The van der Waals surface area contributed by atoms with E-state index in [-0.39, 0.29) is 12.2 Å². The topological polar surface area (TPSA) is 93.8 Å². The lowest BCUT2D eigenvalue weighted by Gasteiger charge is -2.12. The SMILES string of the molecule is CN(C)c1ccc(C=C(C#N)C(=O)OCC(O)CO)cc1. The molecule has 1 atom stereocenters. The van der Waals surface area contributed by atoms with Crippen molar-refractivity contribution in [3.05, 3.63) is 35.4 Å². The van der Waals surface area contributed by atoms with E-state index in [4.69, 9.17) is 20.2 Å². The molecule has 0 bridgehead atoms. The number of esters is 1. The van der Waals surface area contributed by atoms with Crippen LogP contribution >= 0.6 is 0 Å². The lowest BCUT2D eigenvalue weighted by molar-refractivity contribution is -0.142. The number of carbonyl (C=O) groups excluding carboxylic acids is 1. The van der Waals surface area contributed by atoms with Crippen LogP contribution in [0.4, 0.5) is 5.69 Å². The van der Waals surface area contributed by atoms with E-state index in [2.05, 4.69) is 0 Å². The van der Waals surface area contributed by atoms with Crippen molar-refractivity contribution in [2.75, 3.05) is 32.2 Å². The van der Waals surface area contributed by atoms with Crippen LogP contribution in [0.5, 0.6) is 0 Å². The minimum Gasteiger partial charge on any atom is -0.459 e. The second-order valence-corrected chi connectivity index (χ2v) is 4.59. The monoisotopic (exact) mass is 290 g/mol. The summed E-state index contributed by atoms with van der Waals surface area (Å²) in [5.41, 5.74) is 1.52. The van der Waals surface area contributed by atoms with Crippen LogP contribution in [0.15, 0.2) is 29.8 Å². The number of nitrogens with zero attached hydrogens (tertiary/aromatic N) is 2. The van der Waals surface area contributed by atoms with Crippen molar-refractivity contribution in [1.29, 1.82) is 5.26 Å². The zero-order valence-electron chi connectivity index (χ0n) is 12.0. The van der Waals surface area contributed by atoms with Gasteiger partial charge in [0.2, 0.25) is 0 Å². The molecule has 0 spiro atoms. The second-order valence-electron chi connectivity index (χ2n) is 4.59. The molecule has 0 saturated carbocycles. The zero-order chi connectivity index (χ0) is 15.8. The molecule has 1 rings (SSSR count). The van der Waals surface area contributed by atoms with Gasteiger partial charge in [0.05, 0.1) is 6.61 Å². The molecule has 0 aliphatic heterocycles. The third-order valence-electron chi connectivity index (χ3n) is 2.68. The highest BCUT2D eigenvalue weighted by atomic mass is 16.5. The summed E-state index contributed by atoms with van der Waals surface area (Å²) in [6, 6.07) is 9.05. The van der Waals surface area contributed by atoms with Gasteiger partial charge in [0.25, 0.3) is 0 Å². The van der Waals surface area contributed by atoms with Crippen molar-refractivity contribution in [1.82, 2.24) is 0 Å². The Balaban J connectivity index is 2.79. The molecule has 1 aromatic carbocycles. The number of hydrogen-bond acceptors (Lipinski definition) is 6. The van der Waals surface area contributed by atoms with Crippen molar-refractivity contribution < 1.29 is 19.7 Å². The fraction of sp³-hybridized carbons (Fsp3) is 0.333. The smallest absolute Gasteiger partial charge is 0.348 e. The lowest BCUT2D eigenvalue weighted by Crippen LogP contribution is -2.22. The predicted molar refractivity (Wildman–Crippen MR) is 78.4 cm³/mol. The maximum absolute atomic E-state index is 11.7. The summed E-state index contributed by atoms with van der Waals surface area (Å²) >= 11 is 0. The Bertz CT molecular complexity index is 544. The van der Waals surface area contributed by atoms with Gasteiger partial charge in [0, 0.05) is 19.8 Å². The highest BCUT2D eigenvalue weighted by molar-refractivity contribution is 5.97. The lowest BCUT2D eigenvalue weighted by atomic mass is 10.1. The van der Waals surface area contributed by atoms with Crippen molar-refractivity contribution in [3.63, 3.8) is 0 Å². The molecule has 0 heterocycles. The molecule has 0 aromatic heterocycles. The molecule has 0 amide bonds. The van der Waals surface area contributed by atoms with Gasteiger partial charge in [-0.15, -0.1) is 0 Å². The zero-order valence-corrected chi connectivity index (χ0v) is 12.0. The number of carbonyl (C=O) groups is 1. The van der Waals surface area contributed by atoms with E-state index < -0.39 is 18.7 Å². The fourth-order valence-corrected chi connectivity index (χ4v) is 1.47. The third-order valence-corrected chi connectivity index (χ3v) is 2.68. The molecule has 21 heavy (non-hydrogen) atoms. The van der Waals surface area contributed by atoms with E-state index in [1.807, 2.05) is 31.1 Å². The van der Waals surface area contributed by atoms with E-state index in [1.165, 1.54) is 6.08 Å². The third kappa shape index (κ3) is 5.26. The van der Waals surface area contributed by atoms with E-state index >= 15 is 0 Å². The first kappa shape index (κ1) is 16.7. The van der Waals surface area contributed by atoms with Gasteiger partial charge in [-0.05, 0) is 23.8 Å². The van der Waals surface area contributed by atoms with Crippen LogP contribution in [-0.2, 0) is 9.53 Å². The van der Waals surface area contributed by atoms with Crippen molar-refractivity contribution in [2.45, 2.75) is 6.10 Å². The average molecular weight is 290 g/mol. The first-order chi connectivity index (χ1) is 9.97. The summed E-state index contributed by atoms with van der Waals surface area (Å²) in [4.78, 5) is 13.6. The minimum atomic E-state index is -1.15. The Kier molecular flexibility index (Phi) is 6.40. The summed E-state index contributed by atoms with van der Waals surface area (Å²) in [6.07, 6.45) is 0.265. The Morgan fingerprint density at radius 2 is 2.05 bits per heavy atom. The van der Waals surface area contributed by atoms with Gasteiger partial charge in [-0.3, -0.25) is 0 Å². The quantitative estimate of drug-likeness (QED) is 0.451. The Morgan fingerprint density at radius 1 is 1.43 bits per heavy atom. The van der Waals surface area contributed by atoms with Gasteiger partial charge in [0.1, 0.15) is 24.4 Å². The number of ether oxygens (including phenoxy) is 1. The van der Waals surface area contributed by atoms with Crippen molar-refractivity contribution >= 4 is 17.7 Å². The molecule has 0 saturated heterocycles. The number of aliphatic hydroxyl groups excluding tert-OH is 2. The molecule has 1 unspecified atom stereocenters. The summed E-state index contributed by atoms with van der Waals surface area (Å²) in [5.74, 6) is -0.832. The summed E-state index contributed by atoms with van der Waals surface area (Å²) < 4.78 is 4.73. The van der Waals surface area contributed by atoms with E-state index in [9.17, 15) is 4.79 Å². The number of anilines is 1. The van der Waals surface area contributed by atoms with E-state index in [0.717, 1.165) is 5.69 Å². The van der Waals surface area contributed by atoms with Gasteiger partial charge in [-0.1, -0.05) is 12.1 Å². The molecule has 0 aliphatic carbocycles. The average Bonchev–Trinajstić information content (AvgIpc) is 2.50. The van der Waals surface area contributed by atoms with Crippen LogP contribution in [0.25, 0.3) is 6.08 Å². The fourth-order valence-electron chi connectivity index (χ4n) is 1.47. The minimum absolute atomic E-state index is 0.169. The molecule has 0 radical (unpaired) electrons. The summed E-state index contributed by atoms with van der Waals surface area (Å²) in [7, 11) is 3.82. The molecule has 6 nitrogen and oxygen atoms in total. The van der Waals surface area contributed by atoms with Gasteiger partial charge < -0.3 is 19.8 Å². The van der Waals surface area contributed by atoms with Gasteiger partial charge in [-0.2, -0.15) is 5.26 Å². The number of nitriles is 1. The van der Waals surface area contributed by atoms with Crippen LogP contribution in [0.2, 0.25) is 0 Å². The first-order valence-electron chi connectivity index (χ1n) is 6.33. The highest BCUT2D eigenvalue weighted by Gasteiger charge is 2.13. The molecule has 112 valence electrons. The number of rotatable bonds is 6. The van der Waals surface area contributed by atoms with E-state index in [1.54, 1.807) is 18.2 Å². The molecule has 6 heteroatoms. The number of benzene rings is 1. The molecule has 0 aliphatic rings.